The summed E-state index contributed by atoms with van der Waals surface area (Å²) in [6.07, 6.45) is 12.8. The van der Waals surface area contributed by atoms with E-state index in [2.05, 4.69) is 71.7 Å². The Morgan fingerprint density at radius 3 is 0.462 bits per heavy atom. The lowest BCUT2D eigenvalue weighted by molar-refractivity contribution is 0.181. The first-order chi connectivity index (χ1) is 18.9. The molecule has 0 saturated carbocycles. The normalized spacial score (nSPS) is 22.2. The Kier molecular flexibility index (Phi) is 37.6. The number of hydrogen-bond donors (Lipinski definition) is 0. The Hall–Kier alpha value is -0.240. The molecule has 240 valence electrons. The number of nitrogens with zero attached hydrogens (tertiary/aromatic N) is 6. The lowest BCUT2D eigenvalue weighted by Crippen LogP contribution is -2.42. The predicted octanol–water partition coefficient (Wildman–Crippen LogP) is 6.18. The molecule has 6 nitrogen and oxygen atoms in total. The summed E-state index contributed by atoms with van der Waals surface area (Å²) >= 11 is 0. The first kappa shape index (κ1) is 43.2. The van der Waals surface area contributed by atoms with Crippen LogP contribution in [0.4, 0.5) is 0 Å². The van der Waals surface area contributed by atoms with Gasteiger partial charge in [0.15, 0.2) is 0 Å². The molecule has 0 atom stereocenters. The van der Waals surface area contributed by atoms with E-state index in [1.165, 1.54) is 136 Å². The molecule has 5 rings (SSSR count). The van der Waals surface area contributed by atoms with Gasteiger partial charge >= 0.3 is 0 Å². The van der Waals surface area contributed by atoms with Crippen LogP contribution in [0.2, 0.25) is 0 Å². The lowest BCUT2D eigenvalue weighted by atomic mass is 10.1. The molecule has 0 aliphatic carbocycles. The first-order valence-corrected chi connectivity index (χ1v) is 17.0. The highest BCUT2D eigenvalue weighted by Gasteiger charge is 2.08. The van der Waals surface area contributed by atoms with Gasteiger partial charge in [-0.1, -0.05) is 54.4 Å². The van der Waals surface area contributed by atoms with Gasteiger partial charge < -0.3 is 29.4 Å². The van der Waals surface area contributed by atoms with E-state index in [4.69, 9.17) is 0 Å². The Balaban J connectivity index is -0.000000398. The fourth-order valence-corrected chi connectivity index (χ4v) is 4.36. The van der Waals surface area contributed by atoms with Gasteiger partial charge in [0, 0.05) is 26.2 Å². The van der Waals surface area contributed by atoms with E-state index in [-0.39, 0.29) is 0 Å². The van der Waals surface area contributed by atoms with Crippen LogP contribution >= 0.6 is 0 Å². The Morgan fingerprint density at radius 2 is 0.359 bits per heavy atom. The average molecular weight is 559 g/mol. The molecule has 39 heavy (non-hydrogen) atoms. The number of hydrogen-bond acceptors (Lipinski definition) is 6. The van der Waals surface area contributed by atoms with Gasteiger partial charge in [0.05, 0.1) is 0 Å². The van der Waals surface area contributed by atoms with Crippen LogP contribution in [0.25, 0.3) is 0 Å². The molecule has 0 N–H and O–H groups in total. The quantitative estimate of drug-likeness (QED) is 0.351. The number of piperazine rings is 1. The number of likely N-dealkylation sites (N-methyl/N-ethyl adjacent to an activating group) is 2. The highest BCUT2D eigenvalue weighted by molar-refractivity contribution is 4.64. The smallest absolute Gasteiger partial charge is 0.0107 e. The van der Waals surface area contributed by atoms with Crippen molar-refractivity contribution in [3.8, 4) is 0 Å². The van der Waals surface area contributed by atoms with Crippen molar-refractivity contribution in [1.82, 2.24) is 29.4 Å². The van der Waals surface area contributed by atoms with Crippen LogP contribution in [0.15, 0.2) is 0 Å². The van der Waals surface area contributed by atoms with E-state index in [1.54, 1.807) is 0 Å². The highest BCUT2D eigenvalue weighted by atomic mass is 15.2. The van der Waals surface area contributed by atoms with Crippen molar-refractivity contribution in [3.05, 3.63) is 0 Å². The van der Waals surface area contributed by atoms with Gasteiger partial charge in [-0.05, 0) is 140 Å². The van der Waals surface area contributed by atoms with Crippen LogP contribution in [0.3, 0.4) is 0 Å². The number of likely N-dealkylation sites (tertiary alicyclic amines) is 4. The maximum absolute atomic E-state index is 2.39. The molecule has 0 bridgehead atoms. The third kappa shape index (κ3) is 32.1. The molecule has 5 aliphatic heterocycles. The van der Waals surface area contributed by atoms with Gasteiger partial charge in [0.2, 0.25) is 0 Å². The summed E-state index contributed by atoms with van der Waals surface area (Å²) < 4.78 is 0. The third-order valence-electron chi connectivity index (χ3n) is 7.30. The Labute approximate surface area is 249 Å². The molecular weight excluding hydrogens is 480 g/mol. The zero-order valence-corrected chi connectivity index (χ0v) is 29.5. The van der Waals surface area contributed by atoms with Crippen LogP contribution in [-0.4, -0.2) is 150 Å². The van der Waals surface area contributed by atoms with E-state index < -0.39 is 0 Å². The molecule has 0 radical (unpaired) electrons. The van der Waals surface area contributed by atoms with Crippen LogP contribution < -0.4 is 0 Å². The third-order valence-corrected chi connectivity index (χ3v) is 7.30. The molecule has 5 heterocycles. The van der Waals surface area contributed by atoms with Crippen molar-refractivity contribution < 1.29 is 0 Å². The molecule has 6 heteroatoms. The zero-order chi connectivity index (χ0) is 30.3. The summed E-state index contributed by atoms with van der Waals surface area (Å²) in [6, 6.07) is 0. The SMILES string of the molecule is CC.CC.CC.CN1CCC1.CN1CCCC1.CN1CCCCC1.CN1CCCCC1.CN1CCN(C)CC1. The van der Waals surface area contributed by atoms with Crippen molar-refractivity contribution in [1.29, 1.82) is 0 Å². The predicted molar refractivity (Wildman–Crippen MR) is 181 cm³/mol. The minimum Gasteiger partial charge on any atom is -0.306 e. The van der Waals surface area contributed by atoms with Gasteiger partial charge in [-0.3, -0.25) is 0 Å². The van der Waals surface area contributed by atoms with Gasteiger partial charge in [0.25, 0.3) is 0 Å². The maximum Gasteiger partial charge on any atom is 0.0107 e. The minimum absolute atomic E-state index is 1.23. The monoisotopic (exact) mass is 559 g/mol. The summed E-state index contributed by atoms with van der Waals surface area (Å²) in [5.74, 6) is 0. The maximum atomic E-state index is 2.39. The molecule has 0 amide bonds. The topological polar surface area (TPSA) is 19.4 Å². The van der Waals surface area contributed by atoms with Crippen molar-refractivity contribution in [2.24, 2.45) is 0 Å². The standard InChI is InChI=1S/C6H14N2.2C6H13N.C5H11N.C4H9N.3C2H6/c1-7-3-5-8(2)6-4-7;2*1-7-5-3-2-4-6-7;1-6-4-2-3-5-6;1-5-3-2-4-5;3*1-2/h3-6H2,1-2H3;2*2-6H2,1H3;2-5H2,1H3;2-4H2,1H3;3*1-2H3. The summed E-state index contributed by atoms with van der Waals surface area (Å²) in [6.45, 7) is 27.5. The van der Waals surface area contributed by atoms with Crippen LogP contribution in [0, 0.1) is 0 Å². The van der Waals surface area contributed by atoms with Crippen LogP contribution in [-0.2, 0) is 0 Å². The van der Waals surface area contributed by atoms with Gasteiger partial charge in [-0.15, -0.1) is 0 Å². The summed E-state index contributed by atoms with van der Waals surface area (Å²) in [7, 11) is 13.1. The fraction of sp³-hybridized carbons (Fsp3) is 1.00. The van der Waals surface area contributed by atoms with Crippen molar-refractivity contribution >= 4 is 0 Å². The van der Waals surface area contributed by atoms with Gasteiger partial charge in [0.1, 0.15) is 0 Å². The van der Waals surface area contributed by atoms with Gasteiger partial charge in [-0.25, -0.2) is 0 Å². The number of piperidine rings is 2. The molecule has 0 unspecified atom stereocenters. The molecule has 5 fully saturated rings. The van der Waals surface area contributed by atoms with Crippen molar-refractivity contribution in [2.45, 2.75) is 99.3 Å². The molecule has 5 saturated heterocycles. The lowest BCUT2D eigenvalue weighted by Gasteiger charge is -2.28. The van der Waals surface area contributed by atoms with Crippen LogP contribution in [0.1, 0.15) is 99.3 Å². The van der Waals surface area contributed by atoms with E-state index in [1.807, 2.05) is 41.5 Å². The van der Waals surface area contributed by atoms with E-state index in [0.29, 0.717) is 0 Å². The van der Waals surface area contributed by atoms with Gasteiger partial charge in [-0.2, -0.15) is 0 Å². The van der Waals surface area contributed by atoms with Crippen molar-refractivity contribution in [2.75, 3.05) is 121 Å². The summed E-state index contributed by atoms with van der Waals surface area (Å²) in [5.41, 5.74) is 0. The molecule has 5 aliphatic rings. The minimum atomic E-state index is 1.23. The first-order valence-electron chi connectivity index (χ1n) is 17.0. The summed E-state index contributed by atoms with van der Waals surface area (Å²) in [4.78, 5) is 14.2. The second-order valence-electron chi connectivity index (χ2n) is 11.0. The molecule has 0 aromatic rings. The number of rotatable bonds is 0. The largest absolute Gasteiger partial charge is 0.306 e. The molecule has 0 aromatic carbocycles. The highest BCUT2D eigenvalue weighted by Crippen LogP contribution is 2.05. The summed E-state index contributed by atoms with van der Waals surface area (Å²) in [5, 5.41) is 0. The average Bonchev–Trinajstić information content (AvgIpc) is 3.46. The zero-order valence-electron chi connectivity index (χ0n) is 29.5. The van der Waals surface area contributed by atoms with Crippen molar-refractivity contribution in [3.63, 3.8) is 0 Å². The molecular formula is C33H78N6. The van der Waals surface area contributed by atoms with Crippen LogP contribution in [0.5, 0.6) is 0 Å². The second kappa shape index (κ2) is 34.0. The Bertz CT molecular complexity index is 380. The fourth-order valence-electron chi connectivity index (χ4n) is 4.36. The molecule has 0 spiro atoms. The molecule has 0 aromatic heterocycles. The Morgan fingerprint density at radius 1 is 0.205 bits per heavy atom. The van der Waals surface area contributed by atoms with E-state index in [0.717, 1.165) is 0 Å². The van der Waals surface area contributed by atoms with E-state index >= 15 is 0 Å². The second-order valence-corrected chi connectivity index (χ2v) is 11.0. The van der Waals surface area contributed by atoms with E-state index in [9.17, 15) is 0 Å².